The number of carbonyl (C=O) groups is 1. The quantitative estimate of drug-likeness (QED) is 0.263. The molecule has 13 heteroatoms. The van der Waals surface area contributed by atoms with Crippen LogP contribution >= 0.6 is 0 Å². The van der Waals surface area contributed by atoms with E-state index < -0.39 is 16.1 Å². The highest BCUT2D eigenvalue weighted by atomic mass is 32.2. The minimum absolute atomic E-state index is 0.0623. The lowest BCUT2D eigenvalue weighted by Gasteiger charge is -2.35. The maximum atomic E-state index is 14.4. The van der Waals surface area contributed by atoms with E-state index in [0.29, 0.717) is 36.9 Å². The molecular weight excluding hydrogens is 630 g/mol. The van der Waals surface area contributed by atoms with Crippen molar-refractivity contribution < 1.29 is 22.7 Å². The van der Waals surface area contributed by atoms with Crippen LogP contribution in [-0.4, -0.2) is 79.1 Å². The number of hydrogen-bond donors (Lipinski definition) is 1. The first-order valence-corrected chi connectivity index (χ1v) is 17.3. The molecule has 2 aromatic carbocycles. The number of aromatic nitrogens is 4. The molecule has 1 aliphatic heterocycles. The molecule has 48 heavy (non-hydrogen) atoms. The Morgan fingerprint density at radius 2 is 1.77 bits per heavy atom. The average molecular weight is 674 g/mol. The maximum Gasteiger partial charge on any atom is 0.264 e. The lowest BCUT2D eigenvalue weighted by Crippen LogP contribution is -2.45. The zero-order valence-corrected chi connectivity index (χ0v) is 29.3. The number of aryl methyl sites for hydroxylation is 2. The van der Waals surface area contributed by atoms with E-state index in [0.717, 1.165) is 16.7 Å². The van der Waals surface area contributed by atoms with Crippen molar-refractivity contribution in [3.63, 3.8) is 0 Å². The molecule has 1 aliphatic rings. The van der Waals surface area contributed by atoms with Gasteiger partial charge in [-0.1, -0.05) is 45.0 Å². The van der Waals surface area contributed by atoms with Crippen molar-refractivity contribution in [2.45, 2.75) is 58.5 Å². The van der Waals surface area contributed by atoms with Gasteiger partial charge in [0.15, 0.2) is 0 Å². The molecule has 0 aliphatic carbocycles. The van der Waals surface area contributed by atoms with E-state index in [2.05, 4.69) is 40.4 Å². The van der Waals surface area contributed by atoms with Crippen LogP contribution in [0.25, 0.3) is 11.3 Å². The number of methoxy groups -OCH3 is 1. The fraction of sp³-hybridized carbons (Fsp3) is 0.400. The molecule has 12 nitrogen and oxygen atoms in total. The second-order valence-electron chi connectivity index (χ2n) is 13.2. The van der Waals surface area contributed by atoms with Gasteiger partial charge in [-0.3, -0.25) is 4.79 Å². The number of fused-ring (bicyclic) bond motifs is 4. The van der Waals surface area contributed by atoms with Crippen LogP contribution in [0, 0.1) is 19.3 Å². The number of sulfonamides is 1. The number of hydrogen-bond acceptors (Lipinski definition) is 10. The Kier molecular flexibility index (Phi) is 10.3. The zero-order chi connectivity index (χ0) is 34.6. The minimum atomic E-state index is -4.18. The van der Waals surface area contributed by atoms with E-state index in [1.807, 2.05) is 44.0 Å². The van der Waals surface area contributed by atoms with Crippen LogP contribution < -0.4 is 14.4 Å². The van der Waals surface area contributed by atoms with Crippen LogP contribution in [0.3, 0.4) is 0 Å². The monoisotopic (exact) mass is 673 g/mol. The third kappa shape index (κ3) is 8.26. The van der Waals surface area contributed by atoms with Gasteiger partial charge in [0.25, 0.3) is 15.9 Å². The summed E-state index contributed by atoms with van der Waals surface area (Å²) in [6, 6.07) is 14.9. The number of carbonyl (C=O) groups excluding carboxylic acids is 1. The molecule has 0 fully saturated rings. The molecule has 2 aromatic heterocycles. The molecule has 5 rings (SSSR count). The van der Waals surface area contributed by atoms with Crippen molar-refractivity contribution in [1.82, 2.24) is 24.8 Å². The Morgan fingerprint density at radius 3 is 2.48 bits per heavy atom. The molecule has 0 radical (unpaired) electrons. The molecule has 0 saturated carbocycles. The van der Waals surface area contributed by atoms with Gasteiger partial charge in [-0.2, -0.15) is 4.98 Å². The van der Waals surface area contributed by atoms with Crippen molar-refractivity contribution in [3.05, 3.63) is 83.3 Å². The van der Waals surface area contributed by atoms with Crippen molar-refractivity contribution in [2.75, 3.05) is 43.5 Å². The number of nitrogens with one attached hydrogen (secondary N) is 1. The molecule has 4 aromatic rings. The standard InChI is InChI=1S/C35H43N7O5S/c1-23-10-8-11-24(2)32(23)28-19-31-39-34(37-28)40-48(44,45)27-13-9-12-25(18-27)33(43)42(26(22-47-31)20-35(3,4)5)21-29-36-15-14-30(38-29)41(6)16-17-46-7/h8-15,18-19,26H,16-17,20-22H2,1-7H3,(H,37,39,40)/t26-/m1/s1. The van der Waals surface area contributed by atoms with E-state index in [9.17, 15) is 13.2 Å². The Bertz CT molecular complexity index is 1870. The highest BCUT2D eigenvalue weighted by Gasteiger charge is 2.32. The average Bonchev–Trinajstić information content (AvgIpc) is 3.03. The number of ether oxygens (including phenoxy) is 2. The highest BCUT2D eigenvalue weighted by Crippen LogP contribution is 2.31. The molecule has 0 spiro atoms. The summed E-state index contributed by atoms with van der Waals surface area (Å²) in [5, 5.41) is 0. The van der Waals surface area contributed by atoms with Gasteiger partial charge in [0.05, 0.1) is 29.8 Å². The highest BCUT2D eigenvalue weighted by molar-refractivity contribution is 7.92. The normalized spacial score (nSPS) is 16.2. The lowest BCUT2D eigenvalue weighted by atomic mass is 9.87. The number of rotatable bonds is 8. The Balaban J connectivity index is 1.64. The van der Waals surface area contributed by atoms with Gasteiger partial charge in [-0.25, -0.2) is 28.1 Å². The topological polar surface area (TPSA) is 140 Å². The third-order valence-electron chi connectivity index (χ3n) is 8.05. The van der Waals surface area contributed by atoms with Crippen molar-refractivity contribution in [2.24, 2.45) is 5.41 Å². The number of amides is 1. The van der Waals surface area contributed by atoms with Gasteiger partial charge >= 0.3 is 0 Å². The van der Waals surface area contributed by atoms with Crippen molar-refractivity contribution >= 4 is 27.7 Å². The van der Waals surface area contributed by atoms with Crippen molar-refractivity contribution in [3.8, 4) is 17.1 Å². The van der Waals surface area contributed by atoms with E-state index in [1.54, 1.807) is 42.5 Å². The van der Waals surface area contributed by atoms with Crippen LogP contribution in [0.4, 0.5) is 11.8 Å². The molecular formula is C35H43N7O5S. The smallest absolute Gasteiger partial charge is 0.264 e. The number of benzene rings is 2. The van der Waals surface area contributed by atoms with Crippen LogP contribution in [-0.2, 0) is 21.3 Å². The SMILES string of the molecule is COCCN(C)c1ccnc(CN2C(=O)c3cccc(c3)S(=O)(=O)Nc3nc(cc(-c4c(C)cccc4C)n3)OC[C@H]2CC(C)(C)C)n1. The molecule has 254 valence electrons. The number of nitrogens with zero attached hydrogens (tertiary/aromatic N) is 6. The summed E-state index contributed by atoms with van der Waals surface area (Å²) in [5.41, 5.74) is 3.30. The van der Waals surface area contributed by atoms with Gasteiger partial charge < -0.3 is 19.3 Å². The third-order valence-corrected chi connectivity index (χ3v) is 9.38. The van der Waals surface area contributed by atoms with Crippen LogP contribution in [0.5, 0.6) is 5.88 Å². The fourth-order valence-corrected chi connectivity index (χ4v) is 6.71. The lowest BCUT2D eigenvalue weighted by molar-refractivity contribution is 0.0505. The van der Waals surface area contributed by atoms with Gasteiger partial charge in [-0.05, 0) is 61.1 Å². The number of anilines is 2. The molecule has 4 bridgehead atoms. The predicted octanol–water partition coefficient (Wildman–Crippen LogP) is 5.27. The molecule has 0 saturated heterocycles. The first-order chi connectivity index (χ1) is 22.7. The summed E-state index contributed by atoms with van der Waals surface area (Å²) in [4.78, 5) is 36.3. The Morgan fingerprint density at radius 1 is 1.04 bits per heavy atom. The predicted molar refractivity (Wildman–Crippen MR) is 185 cm³/mol. The van der Waals surface area contributed by atoms with Crippen LogP contribution in [0.2, 0.25) is 0 Å². The van der Waals surface area contributed by atoms with E-state index in [-0.39, 0.29) is 46.8 Å². The molecule has 3 heterocycles. The molecule has 1 N–H and O–H groups in total. The number of likely N-dealkylation sites (N-methyl/N-ethyl adjacent to an activating group) is 1. The van der Waals surface area contributed by atoms with Crippen molar-refractivity contribution in [1.29, 1.82) is 0 Å². The van der Waals surface area contributed by atoms with E-state index in [4.69, 9.17) is 14.5 Å². The molecule has 0 unspecified atom stereocenters. The van der Waals surface area contributed by atoms with Gasteiger partial charge in [0, 0.05) is 44.1 Å². The largest absolute Gasteiger partial charge is 0.475 e. The first kappa shape index (κ1) is 34.7. The molecule has 1 atom stereocenters. The Hall–Kier alpha value is -4.62. The van der Waals surface area contributed by atoms with Crippen LogP contribution in [0.1, 0.15) is 54.5 Å². The molecule has 1 amide bonds. The summed E-state index contributed by atoms with van der Waals surface area (Å²) >= 11 is 0. The summed E-state index contributed by atoms with van der Waals surface area (Å²) in [7, 11) is -0.630. The maximum absolute atomic E-state index is 14.4. The first-order valence-electron chi connectivity index (χ1n) is 15.8. The Labute approximate surface area is 282 Å². The van der Waals surface area contributed by atoms with Gasteiger partial charge in [0.1, 0.15) is 18.2 Å². The summed E-state index contributed by atoms with van der Waals surface area (Å²) in [6.07, 6.45) is 2.22. The summed E-state index contributed by atoms with van der Waals surface area (Å²) in [6.45, 7) is 11.5. The van der Waals surface area contributed by atoms with E-state index in [1.165, 1.54) is 12.1 Å². The van der Waals surface area contributed by atoms with Gasteiger partial charge in [-0.15, -0.1) is 0 Å². The van der Waals surface area contributed by atoms with Gasteiger partial charge in [0.2, 0.25) is 11.8 Å². The fourth-order valence-electron chi connectivity index (χ4n) is 5.72. The van der Waals surface area contributed by atoms with Crippen LogP contribution in [0.15, 0.2) is 65.7 Å². The second kappa shape index (κ2) is 14.2. The van der Waals surface area contributed by atoms with E-state index >= 15 is 0 Å². The summed E-state index contributed by atoms with van der Waals surface area (Å²) in [5.74, 6) is 0.787. The minimum Gasteiger partial charge on any atom is -0.475 e. The summed E-state index contributed by atoms with van der Waals surface area (Å²) < 4.78 is 41.4. The zero-order valence-electron chi connectivity index (χ0n) is 28.5. The second-order valence-corrected chi connectivity index (χ2v) is 14.9.